The number of aromatic nitrogens is 1. The Bertz CT molecular complexity index is 1390. The van der Waals surface area contributed by atoms with E-state index in [0.717, 1.165) is 33.1 Å². The number of nitrogens with zero attached hydrogens (tertiary/aromatic N) is 1. The fourth-order valence-corrected chi connectivity index (χ4v) is 3.66. The highest BCUT2D eigenvalue weighted by Gasteiger charge is 2.12. The zero-order valence-electron chi connectivity index (χ0n) is 16.3. The third kappa shape index (κ3) is 3.89. The zero-order chi connectivity index (χ0) is 21.2. The molecule has 0 saturated carbocycles. The van der Waals surface area contributed by atoms with Crippen molar-refractivity contribution in [2.24, 2.45) is 0 Å². The van der Waals surface area contributed by atoms with Crippen molar-refractivity contribution in [1.29, 1.82) is 0 Å². The molecule has 1 aromatic heterocycles. The van der Waals surface area contributed by atoms with Gasteiger partial charge in [0.15, 0.2) is 10.7 Å². The van der Waals surface area contributed by atoms with Crippen LogP contribution < -0.4 is 10.6 Å². The number of para-hydroxylation sites is 2. The Morgan fingerprint density at radius 1 is 0.839 bits per heavy atom. The summed E-state index contributed by atoms with van der Waals surface area (Å²) in [7, 11) is 0. The molecule has 0 spiro atoms. The Labute approximate surface area is 183 Å². The summed E-state index contributed by atoms with van der Waals surface area (Å²) in [5, 5.41) is 7.91. The van der Waals surface area contributed by atoms with Crippen LogP contribution in [-0.4, -0.2) is 16.0 Å². The van der Waals surface area contributed by atoms with Gasteiger partial charge >= 0.3 is 0 Å². The summed E-state index contributed by atoms with van der Waals surface area (Å²) in [5.41, 5.74) is 3.75. The summed E-state index contributed by atoms with van der Waals surface area (Å²) in [6.07, 6.45) is 0. The number of carbonyl (C=O) groups is 1. The van der Waals surface area contributed by atoms with E-state index in [2.05, 4.69) is 15.6 Å². The standard InChI is InChI=1S/C25H17N3O2S/c29-23(20-9-5-7-16-6-1-2-8-19(16)20)28-25(31)26-18-14-12-17(13-15-18)24-27-21-10-3-4-11-22(21)30-24/h1-15H,(H2,26,28,29,31). The van der Waals surface area contributed by atoms with E-state index in [1.54, 1.807) is 6.07 Å². The van der Waals surface area contributed by atoms with Crippen LogP contribution in [-0.2, 0) is 0 Å². The second kappa shape index (κ2) is 8.01. The van der Waals surface area contributed by atoms with E-state index < -0.39 is 0 Å². The average molecular weight is 423 g/mol. The topological polar surface area (TPSA) is 67.2 Å². The number of amides is 1. The van der Waals surface area contributed by atoms with Crippen LogP contribution >= 0.6 is 12.2 Å². The van der Waals surface area contributed by atoms with Gasteiger partial charge in [-0.15, -0.1) is 0 Å². The molecule has 0 bridgehead atoms. The number of thiocarbonyl (C=S) groups is 1. The van der Waals surface area contributed by atoms with E-state index in [1.807, 2.05) is 84.9 Å². The monoisotopic (exact) mass is 423 g/mol. The van der Waals surface area contributed by atoms with Gasteiger partial charge in [-0.2, -0.15) is 0 Å². The molecule has 1 amide bonds. The predicted octanol–water partition coefficient (Wildman–Crippen LogP) is 5.77. The van der Waals surface area contributed by atoms with Crippen LogP contribution in [0, 0.1) is 0 Å². The average Bonchev–Trinajstić information content (AvgIpc) is 3.23. The molecule has 31 heavy (non-hydrogen) atoms. The van der Waals surface area contributed by atoms with Gasteiger partial charge in [0.25, 0.3) is 5.91 Å². The minimum absolute atomic E-state index is 0.229. The lowest BCUT2D eigenvalue weighted by atomic mass is 10.0. The molecule has 0 radical (unpaired) electrons. The molecule has 6 heteroatoms. The zero-order valence-corrected chi connectivity index (χ0v) is 17.1. The first-order valence-electron chi connectivity index (χ1n) is 9.73. The van der Waals surface area contributed by atoms with Crippen molar-refractivity contribution in [3.8, 4) is 11.5 Å². The van der Waals surface area contributed by atoms with Gasteiger partial charge in [0.05, 0.1) is 0 Å². The van der Waals surface area contributed by atoms with E-state index >= 15 is 0 Å². The largest absolute Gasteiger partial charge is 0.436 e. The summed E-state index contributed by atoms with van der Waals surface area (Å²) < 4.78 is 5.80. The summed E-state index contributed by atoms with van der Waals surface area (Å²) in [4.78, 5) is 17.2. The molecular weight excluding hydrogens is 406 g/mol. The lowest BCUT2D eigenvalue weighted by Crippen LogP contribution is -2.34. The number of oxazole rings is 1. The van der Waals surface area contributed by atoms with Crippen LogP contribution in [0.5, 0.6) is 0 Å². The van der Waals surface area contributed by atoms with Gasteiger partial charge in [0.1, 0.15) is 5.52 Å². The second-order valence-electron chi connectivity index (χ2n) is 7.00. The lowest BCUT2D eigenvalue weighted by molar-refractivity contribution is 0.0979. The third-order valence-corrected chi connectivity index (χ3v) is 5.15. The molecule has 0 fully saturated rings. The van der Waals surface area contributed by atoms with Gasteiger partial charge in [-0.25, -0.2) is 4.98 Å². The van der Waals surface area contributed by atoms with Crippen molar-refractivity contribution in [1.82, 2.24) is 10.3 Å². The van der Waals surface area contributed by atoms with Crippen molar-refractivity contribution in [2.75, 3.05) is 5.32 Å². The summed E-state index contributed by atoms with van der Waals surface area (Å²) in [6, 6.07) is 28.5. The van der Waals surface area contributed by atoms with Crippen molar-refractivity contribution >= 4 is 50.8 Å². The molecular formula is C25H17N3O2S. The number of nitrogens with one attached hydrogen (secondary N) is 2. The first-order valence-corrected chi connectivity index (χ1v) is 10.1. The van der Waals surface area contributed by atoms with Crippen molar-refractivity contribution in [2.45, 2.75) is 0 Å². The van der Waals surface area contributed by atoms with Crippen LogP contribution in [0.25, 0.3) is 33.3 Å². The van der Waals surface area contributed by atoms with Crippen LogP contribution in [0.4, 0.5) is 5.69 Å². The van der Waals surface area contributed by atoms with Gasteiger partial charge in [0.2, 0.25) is 5.89 Å². The number of benzene rings is 4. The Balaban J connectivity index is 1.28. The molecule has 5 rings (SSSR count). The SMILES string of the molecule is O=C(NC(=S)Nc1ccc(-c2nc3ccccc3o2)cc1)c1cccc2ccccc12. The van der Waals surface area contributed by atoms with E-state index in [0.29, 0.717) is 11.5 Å². The van der Waals surface area contributed by atoms with E-state index in [9.17, 15) is 4.79 Å². The van der Waals surface area contributed by atoms with Gasteiger partial charge < -0.3 is 9.73 Å². The molecule has 150 valence electrons. The van der Waals surface area contributed by atoms with Crippen molar-refractivity contribution in [3.63, 3.8) is 0 Å². The molecule has 0 atom stereocenters. The maximum Gasteiger partial charge on any atom is 0.258 e. The summed E-state index contributed by atoms with van der Waals surface area (Å²) in [6.45, 7) is 0. The Hall–Kier alpha value is -4.03. The fourth-order valence-electron chi connectivity index (χ4n) is 3.45. The number of hydrogen-bond donors (Lipinski definition) is 2. The van der Waals surface area contributed by atoms with Crippen molar-refractivity contribution < 1.29 is 9.21 Å². The quantitative estimate of drug-likeness (QED) is 0.360. The molecule has 0 aliphatic heterocycles. The molecule has 0 unspecified atom stereocenters. The second-order valence-corrected chi connectivity index (χ2v) is 7.41. The number of rotatable bonds is 3. The van der Waals surface area contributed by atoms with Crippen LogP contribution in [0.1, 0.15) is 10.4 Å². The van der Waals surface area contributed by atoms with E-state index in [4.69, 9.17) is 16.6 Å². The number of anilines is 1. The molecule has 4 aromatic carbocycles. The van der Waals surface area contributed by atoms with E-state index in [1.165, 1.54) is 0 Å². The highest BCUT2D eigenvalue weighted by Crippen LogP contribution is 2.25. The lowest BCUT2D eigenvalue weighted by Gasteiger charge is -2.11. The molecule has 2 N–H and O–H groups in total. The van der Waals surface area contributed by atoms with Gasteiger partial charge in [-0.1, -0.05) is 48.5 Å². The van der Waals surface area contributed by atoms with Gasteiger partial charge in [0, 0.05) is 16.8 Å². The first kappa shape index (κ1) is 19.0. The molecule has 5 nitrogen and oxygen atoms in total. The minimum Gasteiger partial charge on any atom is -0.436 e. The van der Waals surface area contributed by atoms with Crippen LogP contribution in [0.15, 0.2) is 95.4 Å². The predicted molar refractivity (Wildman–Crippen MR) is 127 cm³/mol. The fraction of sp³-hybridized carbons (Fsp3) is 0. The Kier molecular flexibility index (Phi) is 4.90. The van der Waals surface area contributed by atoms with Crippen LogP contribution in [0.2, 0.25) is 0 Å². The molecule has 1 heterocycles. The van der Waals surface area contributed by atoms with Gasteiger partial charge in [-0.3, -0.25) is 10.1 Å². The Morgan fingerprint density at radius 3 is 2.42 bits per heavy atom. The number of hydrogen-bond acceptors (Lipinski definition) is 4. The molecule has 0 aliphatic rings. The third-order valence-electron chi connectivity index (χ3n) is 4.94. The summed E-state index contributed by atoms with van der Waals surface area (Å²) >= 11 is 5.33. The highest BCUT2D eigenvalue weighted by atomic mass is 32.1. The smallest absolute Gasteiger partial charge is 0.258 e. The van der Waals surface area contributed by atoms with Gasteiger partial charge in [-0.05, 0) is 65.5 Å². The van der Waals surface area contributed by atoms with E-state index in [-0.39, 0.29) is 11.0 Å². The summed E-state index contributed by atoms with van der Waals surface area (Å²) in [5.74, 6) is 0.303. The van der Waals surface area contributed by atoms with Crippen molar-refractivity contribution in [3.05, 3.63) is 96.6 Å². The maximum absolute atomic E-state index is 12.7. The highest BCUT2D eigenvalue weighted by molar-refractivity contribution is 7.80. The number of fused-ring (bicyclic) bond motifs is 2. The Morgan fingerprint density at radius 2 is 1.58 bits per heavy atom. The maximum atomic E-state index is 12.7. The normalized spacial score (nSPS) is 10.8. The molecule has 0 saturated heterocycles. The minimum atomic E-state index is -0.252. The molecule has 5 aromatic rings. The van der Waals surface area contributed by atoms with Crippen LogP contribution in [0.3, 0.4) is 0 Å². The molecule has 0 aliphatic carbocycles. The first-order chi connectivity index (χ1) is 15.2. The number of carbonyl (C=O) groups excluding carboxylic acids is 1.